The van der Waals surface area contributed by atoms with Gasteiger partial charge in [-0.2, -0.15) is 0 Å². The van der Waals surface area contributed by atoms with Gasteiger partial charge in [0.1, 0.15) is 17.4 Å². The SMILES string of the molecule is COC(=O)C1Cc2ccccc2N1C(=O)c1cnc2cc(C)ccn12. The van der Waals surface area contributed by atoms with Crippen molar-refractivity contribution < 1.29 is 14.3 Å². The number of para-hydroxylation sites is 1. The molecule has 0 saturated carbocycles. The minimum Gasteiger partial charge on any atom is -0.467 e. The Hall–Kier alpha value is -3.15. The summed E-state index contributed by atoms with van der Waals surface area (Å²) in [5, 5.41) is 0. The number of aromatic nitrogens is 2. The Bertz CT molecular complexity index is 992. The van der Waals surface area contributed by atoms with Crippen molar-refractivity contribution in [1.29, 1.82) is 0 Å². The number of imidazole rings is 1. The van der Waals surface area contributed by atoms with E-state index < -0.39 is 12.0 Å². The lowest BCUT2D eigenvalue weighted by Crippen LogP contribution is -2.43. The molecular formula is C19H17N3O3. The van der Waals surface area contributed by atoms with Gasteiger partial charge in [0, 0.05) is 18.3 Å². The van der Waals surface area contributed by atoms with E-state index in [4.69, 9.17) is 4.74 Å². The Kier molecular flexibility index (Phi) is 3.53. The van der Waals surface area contributed by atoms with Gasteiger partial charge >= 0.3 is 5.97 Å². The number of ether oxygens (including phenoxy) is 1. The standard InChI is InChI=1S/C19H17N3O3/c1-12-7-8-21-16(11-20-17(21)9-12)18(23)22-14-6-4-3-5-13(14)10-15(22)19(24)25-2/h3-9,11,15H,10H2,1-2H3. The number of carbonyl (C=O) groups excluding carboxylic acids is 2. The third-order valence-electron chi connectivity index (χ3n) is 4.56. The molecule has 1 aliphatic rings. The van der Waals surface area contributed by atoms with Crippen molar-refractivity contribution in [2.45, 2.75) is 19.4 Å². The molecule has 1 aromatic carbocycles. The van der Waals surface area contributed by atoms with Crippen molar-refractivity contribution in [3.8, 4) is 0 Å². The summed E-state index contributed by atoms with van der Waals surface area (Å²) in [6, 6.07) is 10.7. The van der Waals surface area contributed by atoms with Crippen LogP contribution in [0.3, 0.4) is 0 Å². The smallest absolute Gasteiger partial charge is 0.329 e. The van der Waals surface area contributed by atoms with Crippen molar-refractivity contribution in [3.05, 3.63) is 65.6 Å². The van der Waals surface area contributed by atoms with Gasteiger partial charge in [0.2, 0.25) is 0 Å². The van der Waals surface area contributed by atoms with Crippen molar-refractivity contribution in [2.24, 2.45) is 0 Å². The van der Waals surface area contributed by atoms with Gasteiger partial charge in [-0.3, -0.25) is 14.1 Å². The first-order valence-electron chi connectivity index (χ1n) is 8.03. The molecule has 2 aromatic heterocycles. The molecule has 0 saturated heterocycles. The highest BCUT2D eigenvalue weighted by atomic mass is 16.5. The number of fused-ring (bicyclic) bond motifs is 2. The predicted molar refractivity (Wildman–Crippen MR) is 92.7 cm³/mol. The molecule has 1 aliphatic heterocycles. The molecule has 1 unspecified atom stereocenters. The van der Waals surface area contributed by atoms with Gasteiger partial charge in [-0.05, 0) is 36.2 Å². The molecule has 3 heterocycles. The van der Waals surface area contributed by atoms with E-state index in [2.05, 4.69) is 4.98 Å². The maximum absolute atomic E-state index is 13.3. The lowest BCUT2D eigenvalue weighted by atomic mass is 10.1. The summed E-state index contributed by atoms with van der Waals surface area (Å²) < 4.78 is 6.65. The molecule has 0 radical (unpaired) electrons. The van der Waals surface area contributed by atoms with Crippen LogP contribution in [0.2, 0.25) is 0 Å². The number of pyridine rings is 1. The third kappa shape index (κ3) is 2.38. The number of nitrogens with zero attached hydrogens (tertiary/aromatic N) is 3. The van der Waals surface area contributed by atoms with Gasteiger partial charge < -0.3 is 4.74 Å². The third-order valence-corrected chi connectivity index (χ3v) is 4.56. The fourth-order valence-corrected chi connectivity index (χ4v) is 3.33. The molecular weight excluding hydrogens is 318 g/mol. The normalized spacial score (nSPS) is 16.1. The Labute approximate surface area is 144 Å². The van der Waals surface area contributed by atoms with Gasteiger partial charge in [0.15, 0.2) is 0 Å². The van der Waals surface area contributed by atoms with E-state index >= 15 is 0 Å². The summed E-state index contributed by atoms with van der Waals surface area (Å²) in [5.41, 5.74) is 3.88. The highest BCUT2D eigenvalue weighted by molar-refractivity contribution is 6.10. The number of anilines is 1. The Balaban J connectivity index is 1.82. The van der Waals surface area contributed by atoms with Crippen molar-refractivity contribution in [1.82, 2.24) is 9.38 Å². The summed E-state index contributed by atoms with van der Waals surface area (Å²) in [7, 11) is 1.34. The zero-order chi connectivity index (χ0) is 17.6. The molecule has 0 bridgehead atoms. The first-order valence-corrected chi connectivity index (χ1v) is 8.03. The van der Waals surface area contributed by atoms with E-state index in [0.29, 0.717) is 17.8 Å². The van der Waals surface area contributed by atoms with Crippen LogP contribution in [-0.2, 0) is 16.0 Å². The van der Waals surface area contributed by atoms with Gasteiger partial charge in [0.05, 0.1) is 13.3 Å². The summed E-state index contributed by atoms with van der Waals surface area (Å²) >= 11 is 0. The first kappa shape index (κ1) is 15.4. The van der Waals surface area contributed by atoms with Gasteiger partial charge in [-0.15, -0.1) is 0 Å². The molecule has 6 heteroatoms. The van der Waals surface area contributed by atoms with Gasteiger partial charge in [0.25, 0.3) is 5.91 Å². The summed E-state index contributed by atoms with van der Waals surface area (Å²) in [6.07, 6.45) is 3.82. The molecule has 1 atom stereocenters. The Morgan fingerprint density at radius 1 is 1.24 bits per heavy atom. The molecule has 25 heavy (non-hydrogen) atoms. The second-order valence-corrected chi connectivity index (χ2v) is 6.12. The van der Waals surface area contributed by atoms with E-state index in [0.717, 1.165) is 16.8 Å². The molecule has 6 nitrogen and oxygen atoms in total. The van der Waals surface area contributed by atoms with E-state index in [1.54, 1.807) is 10.6 Å². The molecule has 0 aliphatic carbocycles. The number of esters is 1. The van der Waals surface area contributed by atoms with Crippen molar-refractivity contribution in [2.75, 3.05) is 12.0 Å². The van der Waals surface area contributed by atoms with Crippen LogP contribution in [0, 0.1) is 6.92 Å². The highest BCUT2D eigenvalue weighted by Crippen LogP contribution is 2.34. The van der Waals surface area contributed by atoms with E-state index in [1.807, 2.05) is 49.5 Å². The molecule has 1 amide bonds. The minimum atomic E-state index is -0.661. The van der Waals surface area contributed by atoms with Crippen molar-refractivity contribution in [3.63, 3.8) is 0 Å². The lowest BCUT2D eigenvalue weighted by molar-refractivity contribution is -0.141. The quantitative estimate of drug-likeness (QED) is 0.675. The average molecular weight is 335 g/mol. The Morgan fingerprint density at radius 2 is 2.04 bits per heavy atom. The number of hydrogen-bond acceptors (Lipinski definition) is 4. The number of benzene rings is 1. The highest BCUT2D eigenvalue weighted by Gasteiger charge is 2.40. The number of carbonyl (C=O) groups is 2. The maximum atomic E-state index is 13.3. The average Bonchev–Trinajstić information content (AvgIpc) is 3.21. The number of hydrogen-bond donors (Lipinski definition) is 0. The number of aryl methyl sites for hydroxylation is 1. The van der Waals surface area contributed by atoms with Crippen LogP contribution in [0.5, 0.6) is 0 Å². The van der Waals surface area contributed by atoms with E-state index in [9.17, 15) is 9.59 Å². The fraction of sp³-hybridized carbons (Fsp3) is 0.211. The second kappa shape index (κ2) is 5.73. The summed E-state index contributed by atoms with van der Waals surface area (Å²) in [4.78, 5) is 31.3. The fourth-order valence-electron chi connectivity index (χ4n) is 3.33. The van der Waals surface area contributed by atoms with E-state index in [-0.39, 0.29) is 5.91 Å². The van der Waals surface area contributed by atoms with Crippen molar-refractivity contribution >= 4 is 23.2 Å². The summed E-state index contributed by atoms with van der Waals surface area (Å²) in [6.45, 7) is 1.97. The number of rotatable bonds is 2. The van der Waals surface area contributed by atoms with Gasteiger partial charge in [-0.25, -0.2) is 9.78 Å². The number of methoxy groups -OCH3 is 1. The van der Waals surface area contributed by atoms with Crippen LogP contribution in [0.1, 0.15) is 21.6 Å². The Morgan fingerprint density at radius 3 is 2.84 bits per heavy atom. The zero-order valence-electron chi connectivity index (χ0n) is 14.0. The molecule has 0 N–H and O–H groups in total. The maximum Gasteiger partial charge on any atom is 0.329 e. The van der Waals surface area contributed by atoms with Crippen LogP contribution in [-0.4, -0.2) is 34.4 Å². The summed E-state index contributed by atoms with van der Waals surface area (Å²) in [5.74, 6) is -0.689. The largest absolute Gasteiger partial charge is 0.467 e. The second-order valence-electron chi connectivity index (χ2n) is 6.12. The molecule has 0 fully saturated rings. The lowest BCUT2D eigenvalue weighted by Gasteiger charge is -2.23. The number of amides is 1. The predicted octanol–water partition coefficient (Wildman–Crippen LogP) is 2.39. The topological polar surface area (TPSA) is 63.9 Å². The minimum absolute atomic E-state index is 0.267. The monoisotopic (exact) mass is 335 g/mol. The van der Waals surface area contributed by atoms with Gasteiger partial charge in [-0.1, -0.05) is 18.2 Å². The van der Waals surface area contributed by atoms with Crippen LogP contribution >= 0.6 is 0 Å². The first-order chi connectivity index (χ1) is 12.1. The molecule has 4 rings (SSSR count). The van der Waals surface area contributed by atoms with Crippen LogP contribution in [0.4, 0.5) is 5.69 Å². The van der Waals surface area contributed by atoms with Crippen LogP contribution in [0.25, 0.3) is 5.65 Å². The van der Waals surface area contributed by atoms with Crippen LogP contribution in [0.15, 0.2) is 48.8 Å². The molecule has 0 spiro atoms. The molecule has 126 valence electrons. The van der Waals surface area contributed by atoms with Crippen LogP contribution < -0.4 is 4.90 Å². The zero-order valence-corrected chi connectivity index (χ0v) is 14.0. The van der Waals surface area contributed by atoms with E-state index in [1.165, 1.54) is 12.0 Å². The molecule has 3 aromatic rings.